The van der Waals surface area contributed by atoms with E-state index in [0.29, 0.717) is 18.0 Å². The maximum atomic E-state index is 12.3. The number of benzene rings is 1. The number of carbonyl (C=O) groups excluding carboxylic acids is 2. The van der Waals surface area contributed by atoms with Gasteiger partial charge in [-0.15, -0.1) is 0 Å². The Hall–Kier alpha value is -2.12. The zero-order valence-electron chi connectivity index (χ0n) is 15.7. The predicted molar refractivity (Wildman–Crippen MR) is 99.6 cm³/mol. The number of nitrogens with zero attached hydrogens (tertiary/aromatic N) is 2. The molecule has 0 bridgehead atoms. The standard InChI is InChI=1S/C19H27N3O4/c1-19(2,3)18(24)20-14-4-5-15-16(12-14)26-13-17(23)22(15)7-6-21-8-10-25-11-9-21/h4-5,12H,6-11,13H2,1-3H3,(H,20,24). The molecule has 1 fully saturated rings. The van der Waals surface area contributed by atoms with Crippen LogP contribution >= 0.6 is 0 Å². The van der Waals surface area contributed by atoms with E-state index < -0.39 is 5.41 Å². The first-order chi connectivity index (χ1) is 12.3. The third kappa shape index (κ3) is 4.34. The second-order valence-electron chi connectivity index (χ2n) is 7.67. The molecule has 0 spiro atoms. The van der Waals surface area contributed by atoms with E-state index in [1.165, 1.54) is 0 Å². The monoisotopic (exact) mass is 361 g/mol. The lowest BCUT2D eigenvalue weighted by Gasteiger charge is -2.33. The van der Waals surface area contributed by atoms with Crippen molar-refractivity contribution in [1.29, 1.82) is 0 Å². The summed E-state index contributed by atoms with van der Waals surface area (Å²) < 4.78 is 11.0. The topological polar surface area (TPSA) is 71.1 Å². The molecule has 0 saturated carbocycles. The fraction of sp³-hybridized carbons (Fsp3) is 0.579. The highest BCUT2D eigenvalue weighted by atomic mass is 16.5. The molecular formula is C19H27N3O4. The van der Waals surface area contributed by atoms with Gasteiger partial charge in [0.1, 0.15) is 5.75 Å². The Morgan fingerprint density at radius 3 is 2.62 bits per heavy atom. The summed E-state index contributed by atoms with van der Waals surface area (Å²) in [5.41, 5.74) is 0.950. The first kappa shape index (κ1) is 18.7. The molecular weight excluding hydrogens is 334 g/mol. The zero-order valence-corrected chi connectivity index (χ0v) is 15.7. The van der Waals surface area contributed by atoms with Crippen LogP contribution in [0, 0.1) is 5.41 Å². The Morgan fingerprint density at radius 1 is 1.19 bits per heavy atom. The van der Waals surface area contributed by atoms with Crippen molar-refractivity contribution < 1.29 is 19.1 Å². The number of fused-ring (bicyclic) bond motifs is 1. The van der Waals surface area contributed by atoms with Gasteiger partial charge in [0.15, 0.2) is 6.61 Å². The van der Waals surface area contributed by atoms with Gasteiger partial charge < -0.3 is 19.7 Å². The summed E-state index contributed by atoms with van der Waals surface area (Å²) in [5, 5.41) is 2.90. The Morgan fingerprint density at radius 2 is 1.92 bits per heavy atom. The van der Waals surface area contributed by atoms with Gasteiger partial charge in [-0.05, 0) is 12.1 Å². The largest absolute Gasteiger partial charge is 0.481 e. The van der Waals surface area contributed by atoms with Gasteiger partial charge in [-0.25, -0.2) is 0 Å². The van der Waals surface area contributed by atoms with Gasteiger partial charge in [0.25, 0.3) is 5.91 Å². The number of morpholine rings is 1. The van der Waals surface area contributed by atoms with Crippen molar-refractivity contribution in [3.05, 3.63) is 18.2 Å². The average Bonchev–Trinajstić information content (AvgIpc) is 2.61. The quantitative estimate of drug-likeness (QED) is 0.884. The highest BCUT2D eigenvalue weighted by Crippen LogP contribution is 2.35. The fourth-order valence-electron chi connectivity index (χ4n) is 2.91. The van der Waals surface area contributed by atoms with E-state index in [2.05, 4.69) is 10.2 Å². The Bertz CT molecular complexity index is 678. The highest BCUT2D eigenvalue weighted by molar-refractivity contribution is 5.99. The second-order valence-corrected chi connectivity index (χ2v) is 7.67. The lowest BCUT2D eigenvalue weighted by atomic mass is 9.95. The molecule has 2 aliphatic rings. The smallest absolute Gasteiger partial charge is 0.265 e. The summed E-state index contributed by atoms with van der Waals surface area (Å²) in [5.74, 6) is 0.518. The average molecular weight is 361 g/mol. The first-order valence-corrected chi connectivity index (χ1v) is 9.03. The minimum atomic E-state index is -0.475. The molecule has 0 radical (unpaired) electrons. The van der Waals surface area contributed by atoms with Gasteiger partial charge in [-0.1, -0.05) is 20.8 Å². The molecule has 0 aromatic heterocycles. The summed E-state index contributed by atoms with van der Waals surface area (Å²) >= 11 is 0. The van der Waals surface area contributed by atoms with Crippen molar-refractivity contribution in [2.24, 2.45) is 5.41 Å². The van der Waals surface area contributed by atoms with Crippen LogP contribution in [0.2, 0.25) is 0 Å². The first-order valence-electron chi connectivity index (χ1n) is 9.03. The molecule has 0 atom stereocenters. The van der Waals surface area contributed by atoms with Crippen molar-refractivity contribution in [1.82, 2.24) is 4.90 Å². The summed E-state index contributed by atoms with van der Waals surface area (Å²) in [6, 6.07) is 5.43. The van der Waals surface area contributed by atoms with Crippen molar-refractivity contribution in [2.75, 3.05) is 56.2 Å². The van der Waals surface area contributed by atoms with Gasteiger partial charge in [0, 0.05) is 43.3 Å². The van der Waals surface area contributed by atoms with Crippen LogP contribution in [0.25, 0.3) is 0 Å². The van der Waals surface area contributed by atoms with Crippen molar-refractivity contribution in [3.63, 3.8) is 0 Å². The molecule has 3 rings (SSSR count). The molecule has 2 heterocycles. The van der Waals surface area contributed by atoms with Crippen LogP contribution < -0.4 is 15.0 Å². The van der Waals surface area contributed by atoms with E-state index in [9.17, 15) is 9.59 Å². The number of anilines is 2. The lowest BCUT2D eigenvalue weighted by Crippen LogP contribution is -2.45. The molecule has 2 aliphatic heterocycles. The number of rotatable bonds is 4. The van der Waals surface area contributed by atoms with E-state index in [1.807, 2.05) is 32.9 Å². The maximum Gasteiger partial charge on any atom is 0.265 e. The Kier molecular flexibility index (Phi) is 5.48. The number of ether oxygens (including phenoxy) is 2. The van der Waals surface area contributed by atoms with E-state index in [1.54, 1.807) is 11.0 Å². The van der Waals surface area contributed by atoms with Crippen LogP contribution in [0.15, 0.2) is 18.2 Å². The number of hydrogen-bond acceptors (Lipinski definition) is 5. The summed E-state index contributed by atoms with van der Waals surface area (Å²) in [4.78, 5) is 28.5. The maximum absolute atomic E-state index is 12.3. The number of nitrogens with one attached hydrogen (secondary N) is 1. The number of hydrogen-bond donors (Lipinski definition) is 1. The number of amides is 2. The van der Waals surface area contributed by atoms with Crippen LogP contribution in [0.3, 0.4) is 0 Å². The normalized spacial score (nSPS) is 18.3. The van der Waals surface area contributed by atoms with Gasteiger partial charge in [0.05, 0.1) is 18.9 Å². The molecule has 1 N–H and O–H groups in total. The summed E-state index contributed by atoms with van der Waals surface area (Å²) in [6.07, 6.45) is 0. The molecule has 1 saturated heterocycles. The number of carbonyl (C=O) groups is 2. The molecule has 0 aliphatic carbocycles. The van der Waals surface area contributed by atoms with Gasteiger partial charge in [-0.3, -0.25) is 14.5 Å². The third-order valence-electron chi connectivity index (χ3n) is 4.59. The van der Waals surface area contributed by atoms with Crippen molar-refractivity contribution in [3.8, 4) is 5.75 Å². The second kappa shape index (κ2) is 7.63. The minimum absolute atomic E-state index is 0.0206. The van der Waals surface area contributed by atoms with Crippen LogP contribution in [0.4, 0.5) is 11.4 Å². The fourth-order valence-corrected chi connectivity index (χ4v) is 2.91. The van der Waals surface area contributed by atoms with Crippen molar-refractivity contribution >= 4 is 23.2 Å². The summed E-state index contributed by atoms with van der Waals surface area (Å²) in [6.45, 7) is 10.3. The minimum Gasteiger partial charge on any atom is -0.481 e. The third-order valence-corrected chi connectivity index (χ3v) is 4.59. The SMILES string of the molecule is CC(C)(C)C(=O)Nc1ccc2c(c1)OCC(=O)N2CCN1CCOCC1. The Balaban J connectivity index is 1.70. The Labute approximate surface area is 154 Å². The van der Waals surface area contributed by atoms with E-state index >= 15 is 0 Å². The molecule has 2 amide bonds. The zero-order chi connectivity index (χ0) is 18.7. The van der Waals surface area contributed by atoms with Crippen LogP contribution in [0.1, 0.15) is 20.8 Å². The molecule has 142 valence electrons. The molecule has 0 unspecified atom stereocenters. The van der Waals surface area contributed by atoms with Gasteiger partial charge >= 0.3 is 0 Å². The van der Waals surface area contributed by atoms with E-state index in [-0.39, 0.29) is 18.4 Å². The van der Waals surface area contributed by atoms with Gasteiger partial charge in [-0.2, -0.15) is 0 Å². The molecule has 1 aromatic carbocycles. The lowest BCUT2D eigenvalue weighted by molar-refractivity contribution is -0.123. The highest BCUT2D eigenvalue weighted by Gasteiger charge is 2.27. The van der Waals surface area contributed by atoms with Crippen molar-refractivity contribution in [2.45, 2.75) is 20.8 Å². The van der Waals surface area contributed by atoms with E-state index in [0.717, 1.165) is 38.5 Å². The summed E-state index contributed by atoms with van der Waals surface area (Å²) in [7, 11) is 0. The molecule has 1 aromatic rings. The van der Waals surface area contributed by atoms with E-state index in [4.69, 9.17) is 9.47 Å². The predicted octanol–water partition coefficient (Wildman–Crippen LogP) is 1.73. The molecule has 7 nitrogen and oxygen atoms in total. The van der Waals surface area contributed by atoms with Crippen LogP contribution in [0.5, 0.6) is 5.75 Å². The van der Waals surface area contributed by atoms with Crippen LogP contribution in [-0.4, -0.2) is 62.7 Å². The van der Waals surface area contributed by atoms with Gasteiger partial charge in [0.2, 0.25) is 5.91 Å². The molecule has 26 heavy (non-hydrogen) atoms. The molecule has 7 heteroatoms. The van der Waals surface area contributed by atoms with Crippen LogP contribution in [-0.2, 0) is 14.3 Å².